The lowest BCUT2D eigenvalue weighted by molar-refractivity contribution is 0.0577. The maximum absolute atomic E-state index is 9.66. The van der Waals surface area contributed by atoms with Crippen LogP contribution in [0, 0.1) is 11.3 Å². The van der Waals surface area contributed by atoms with E-state index in [1.165, 1.54) is 0 Å². The summed E-state index contributed by atoms with van der Waals surface area (Å²) in [5.74, 6) is 0.679. The molecule has 2 aliphatic heterocycles. The minimum atomic E-state index is -0.488. The quantitative estimate of drug-likeness (QED) is 0.577. The van der Waals surface area contributed by atoms with Crippen molar-refractivity contribution in [1.29, 1.82) is 5.26 Å². The summed E-state index contributed by atoms with van der Waals surface area (Å²) in [6.07, 6.45) is 0.0698. The molecule has 0 spiro atoms. The molecule has 1 N–H and O–H groups in total. The van der Waals surface area contributed by atoms with Gasteiger partial charge in [0.05, 0.1) is 12.1 Å². The van der Waals surface area contributed by atoms with Crippen LogP contribution in [0.1, 0.15) is 13.3 Å². The van der Waals surface area contributed by atoms with E-state index in [0.717, 1.165) is 12.1 Å². The first-order chi connectivity index (χ1) is 6.24. The van der Waals surface area contributed by atoms with Gasteiger partial charge in [0.1, 0.15) is 18.1 Å². The van der Waals surface area contributed by atoms with Crippen molar-refractivity contribution in [3.05, 3.63) is 11.1 Å². The average Bonchev–Trinajstić information content (AvgIpc) is 2.53. The van der Waals surface area contributed by atoms with Gasteiger partial charge in [0.25, 0.3) is 0 Å². The van der Waals surface area contributed by atoms with E-state index in [1.54, 1.807) is 4.90 Å². The fourth-order valence-corrected chi connectivity index (χ4v) is 1.80. The lowest BCUT2D eigenvalue weighted by Crippen LogP contribution is -2.42. The van der Waals surface area contributed by atoms with Crippen LogP contribution < -0.4 is 0 Å². The van der Waals surface area contributed by atoms with Gasteiger partial charge in [-0.1, -0.05) is 0 Å². The Balaban J connectivity index is 2.45. The summed E-state index contributed by atoms with van der Waals surface area (Å²) in [5, 5.41) is 18.6. The monoisotopic (exact) mass is 177 g/mol. The van der Waals surface area contributed by atoms with Crippen molar-refractivity contribution in [2.45, 2.75) is 19.6 Å². The van der Waals surface area contributed by atoms with E-state index in [9.17, 15) is 5.11 Å². The van der Waals surface area contributed by atoms with Gasteiger partial charge in [0.2, 0.25) is 0 Å². The Labute approximate surface area is 76.8 Å². The summed E-state index contributed by atoms with van der Waals surface area (Å²) >= 11 is 0. The van der Waals surface area contributed by atoms with Crippen molar-refractivity contribution < 1.29 is 5.11 Å². The zero-order valence-corrected chi connectivity index (χ0v) is 7.49. The molecule has 0 bridgehead atoms. The summed E-state index contributed by atoms with van der Waals surface area (Å²) in [7, 11) is 0. The number of amidine groups is 1. The molecule has 2 rings (SSSR count). The molecule has 0 aromatic rings. The summed E-state index contributed by atoms with van der Waals surface area (Å²) in [5.41, 5.74) is 1.58. The minimum absolute atomic E-state index is 0.488. The molecule has 2 heterocycles. The van der Waals surface area contributed by atoms with Gasteiger partial charge in [-0.05, 0) is 12.5 Å². The van der Waals surface area contributed by atoms with Crippen LogP contribution >= 0.6 is 0 Å². The Morgan fingerprint density at radius 2 is 2.46 bits per heavy atom. The van der Waals surface area contributed by atoms with Crippen LogP contribution in [0.15, 0.2) is 16.1 Å². The second-order valence-corrected chi connectivity index (χ2v) is 3.35. The van der Waals surface area contributed by atoms with Crippen LogP contribution in [0.4, 0.5) is 0 Å². The van der Waals surface area contributed by atoms with Crippen LogP contribution in [-0.4, -0.2) is 35.2 Å². The Morgan fingerprint density at radius 1 is 1.69 bits per heavy atom. The molecule has 1 atom stereocenters. The molecule has 0 fully saturated rings. The predicted molar refractivity (Wildman–Crippen MR) is 47.9 cm³/mol. The molecule has 0 saturated carbocycles. The second kappa shape index (κ2) is 2.86. The van der Waals surface area contributed by atoms with Crippen molar-refractivity contribution in [3.63, 3.8) is 0 Å². The van der Waals surface area contributed by atoms with E-state index in [1.807, 2.05) is 6.92 Å². The molecule has 0 aromatic heterocycles. The van der Waals surface area contributed by atoms with E-state index < -0.39 is 6.23 Å². The van der Waals surface area contributed by atoms with Crippen molar-refractivity contribution in [2.24, 2.45) is 4.99 Å². The molecule has 68 valence electrons. The first-order valence-electron chi connectivity index (χ1n) is 4.33. The van der Waals surface area contributed by atoms with Crippen LogP contribution in [0.5, 0.6) is 0 Å². The van der Waals surface area contributed by atoms with Gasteiger partial charge in [-0.25, -0.2) is 0 Å². The van der Waals surface area contributed by atoms with Crippen LogP contribution in [0.2, 0.25) is 0 Å². The number of aliphatic hydroxyl groups excluding tert-OH is 1. The number of rotatable bonds is 0. The molecule has 0 aliphatic carbocycles. The van der Waals surface area contributed by atoms with Crippen molar-refractivity contribution >= 4 is 5.84 Å². The van der Waals surface area contributed by atoms with Crippen LogP contribution in [-0.2, 0) is 0 Å². The Kier molecular flexibility index (Phi) is 1.82. The van der Waals surface area contributed by atoms with E-state index >= 15 is 0 Å². The number of hydrogen-bond acceptors (Lipinski definition) is 4. The number of nitriles is 1. The summed E-state index contributed by atoms with van der Waals surface area (Å²) in [6, 6.07) is 2.14. The van der Waals surface area contributed by atoms with Crippen LogP contribution in [0.3, 0.4) is 0 Å². The Hall–Kier alpha value is -1.34. The van der Waals surface area contributed by atoms with Crippen molar-refractivity contribution in [3.8, 4) is 6.07 Å². The normalized spacial score (nSPS) is 27.0. The molecule has 4 nitrogen and oxygen atoms in total. The van der Waals surface area contributed by atoms with Gasteiger partial charge in [-0.2, -0.15) is 5.26 Å². The zero-order valence-electron chi connectivity index (χ0n) is 7.49. The zero-order chi connectivity index (χ0) is 9.42. The van der Waals surface area contributed by atoms with E-state index in [4.69, 9.17) is 5.26 Å². The molecular formula is C9H11N3O. The first kappa shape index (κ1) is 8.27. The van der Waals surface area contributed by atoms with Gasteiger partial charge in [0.15, 0.2) is 0 Å². The third-order valence-electron chi connectivity index (χ3n) is 2.49. The highest BCUT2D eigenvalue weighted by Gasteiger charge is 2.32. The standard InChI is InChI=1S/C9H11N3O/c1-6-4-8(13)12-3-2-11-9(12)7(6)5-10/h8,13H,2-4H2,1H3. The third kappa shape index (κ3) is 1.12. The fraction of sp³-hybridized carbons (Fsp3) is 0.556. The first-order valence-corrected chi connectivity index (χ1v) is 4.33. The molecule has 0 saturated heterocycles. The maximum Gasteiger partial charge on any atom is 0.143 e. The topological polar surface area (TPSA) is 59.6 Å². The molecule has 1 unspecified atom stereocenters. The van der Waals surface area contributed by atoms with Crippen LogP contribution in [0.25, 0.3) is 0 Å². The summed E-state index contributed by atoms with van der Waals surface area (Å²) in [6.45, 7) is 3.29. The lowest BCUT2D eigenvalue weighted by Gasteiger charge is -2.31. The molecule has 4 heteroatoms. The SMILES string of the molecule is CC1=C(C#N)C2=NCCN2C(O)C1. The lowest BCUT2D eigenvalue weighted by atomic mass is 10.0. The van der Waals surface area contributed by atoms with E-state index in [-0.39, 0.29) is 0 Å². The van der Waals surface area contributed by atoms with Gasteiger partial charge in [-0.3, -0.25) is 4.99 Å². The predicted octanol–water partition coefficient (Wildman–Crippen LogP) is 0.263. The van der Waals surface area contributed by atoms with Gasteiger partial charge < -0.3 is 10.0 Å². The Bertz CT molecular complexity index is 337. The van der Waals surface area contributed by atoms with E-state index in [2.05, 4.69) is 11.1 Å². The third-order valence-corrected chi connectivity index (χ3v) is 2.49. The Morgan fingerprint density at radius 3 is 3.15 bits per heavy atom. The van der Waals surface area contributed by atoms with Crippen molar-refractivity contribution in [2.75, 3.05) is 13.1 Å². The minimum Gasteiger partial charge on any atom is -0.373 e. The average molecular weight is 177 g/mol. The highest BCUT2D eigenvalue weighted by atomic mass is 16.3. The highest BCUT2D eigenvalue weighted by molar-refractivity contribution is 6.04. The maximum atomic E-state index is 9.66. The summed E-state index contributed by atoms with van der Waals surface area (Å²) in [4.78, 5) is 6.01. The smallest absolute Gasteiger partial charge is 0.143 e. The van der Waals surface area contributed by atoms with Gasteiger partial charge >= 0.3 is 0 Å². The van der Waals surface area contributed by atoms with Crippen molar-refractivity contribution in [1.82, 2.24) is 4.90 Å². The largest absolute Gasteiger partial charge is 0.373 e. The number of nitrogens with zero attached hydrogens (tertiary/aromatic N) is 3. The number of fused-ring (bicyclic) bond motifs is 1. The number of aliphatic imine (C=N–C) groups is 1. The second-order valence-electron chi connectivity index (χ2n) is 3.35. The molecule has 0 amide bonds. The number of aliphatic hydroxyl groups is 1. The highest BCUT2D eigenvalue weighted by Crippen LogP contribution is 2.25. The molecular weight excluding hydrogens is 166 g/mol. The molecule has 0 radical (unpaired) electrons. The molecule has 13 heavy (non-hydrogen) atoms. The molecule has 2 aliphatic rings. The van der Waals surface area contributed by atoms with Gasteiger partial charge in [-0.15, -0.1) is 0 Å². The fourth-order valence-electron chi connectivity index (χ4n) is 1.80. The summed E-state index contributed by atoms with van der Waals surface area (Å²) < 4.78 is 0. The molecule has 0 aromatic carbocycles. The number of hydrogen-bond donors (Lipinski definition) is 1. The van der Waals surface area contributed by atoms with Gasteiger partial charge in [0, 0.05) is 13.0 Å². The van der Waals surface area contributed by atoms with E-state index in [0.29, 0.717) is 24.4 Å².